The van der Waals surface area contributed by atoms with E-state index in [1.807, 2.05) is 30.3 Å². The van der Waals surface area contributed by atoms with Crippen molar-refractivity contribution in [3.05, 3.63) is 99.2 Å². The lowest BCUT2D eigenvalue weighted by Gasteiger charge is -2.45. The van der Waals surface area contributed by atoms with E-state index >= 15 is 0 Å². The highest BCUT2D eigenvalue weighted by Gasteiger charge is 2.40. The fraction of sp³-hybridized carbons (Fsp3) is 0.345. The van der Waals surface area contributed by atoms with E-state index in [-0.39, 0.29) is 54.1 Å². The minimum absolute atomic E-state index is 0.0775. The minimum atomic E-state index is -0.638. The summed E-state index contributed by atoms with van der Waals surface area (Å²) in [5, 5.41) is 6.28. The number of halogens is 1. The second-order valence-electron chi connectivity index (χ2n) is 10.1. The number of carbonyl (C=O) groups is 2. The number of carbonyl (C=O) groups excluding carboxylic acids is 2. The molecule has 2 amide bonds. The Morgan fingerprint density at radius 2 is 1.84 bits per heavy atom. The van der Waals surface area contributed by atoms with Crippen molar-refractivity contribution in [2.75, 3.05) is 6.54 Å². The third kappa shape index (κ3) is 5.19. The molecule has 198 valence electrons. The van der Waals surface area contributed by atoms with Crippen LogP contribution in [0.2, 0.25) is 0 Å². The summed E-state index contributed by atoms with van der Waals surface area (Å²) in [5.41, 5.74) is 0.923. The molecule has 1 saturated heterocycles. The first kappa shape index (κ1) is 25.7. The van der Waals surface area contributed by atoms with E-state index in [1.54, 1.807) is 21.6 Å². The van der Waals surface area contributed by atoms with Gasteiger partial charge in [0.2, 0.25) is 5.43 Å². The van der Waals surface area contributed by atoms with Crippen molar-refractivity contribution in [2.45, 2.75) is 52.2 Å². The van der Waals surface area contributed by atoms with Gasteiger partial charge < -0.3 is 19.5 Å². The molecule has 2 unspecified atom stereocenters. The molecule has 3 heterocycles. The normalized spacial score (nSPS) is 18.6. The van der Waals surface area contributed by atoms with Gasteiger partial charge in [0.25, 0.3) is 11.8 Å². The van der Waals surface area contributed by atoms with Crippen LogP contribution in [-0.4, -0.2) is 40.0 Å². The van der Waals surface area contributed by atoms with Crippen LogP contribution < -0.4 is 20.8 Å². The molecule has 9 heteroatoms. The van der Waals surface area contributed by atoms with E-state index in [4.69, 9.17) is 4.74 Å². The minimum Gasteiger partial charge on any atom is -0.483 e. The van der Waals surface area contributed by atoms with E-state index in [1.165, 1.54) is 18.3 Å². The van der Waals surface area contributed by atoms with Crippen LogP contribution in [0.5, 0.6) is 5.75 Å². The van der Waals surface area contributed by atoms with Gasteiger partial charge >= 0.3 is 0 Å². The third-order valence-electron chi connectivity index (χ3n) is 7.18. The van der Waals surface area contributed by atoms with Crippen LogP contribution in [0.15, 0.2) is 65.6 Å². The number of pyridine rings is 1. The predicted molar refractivity (Wildman–Crippen MR) is 140 cm³/mol. The molecule has 1 aromatic heterocycles. The Hall–Kier alpha value is -3.98. The number of aromatic nitrogens is 1. The monoisotopic (exact) mass is 518 g/mol. The van der Waals surface area contributed by atoms with Crippen molar-refractivity contribution in [2.24, 2.45) is 5.92 Å². The topological polar surface area (TPSA) is 92.7 Å². The number of amides is 2. The highest BCUT2D eigenvalue weighted by atomic mass is 19.1. The van der Waals surface area contributed by atoms with Crippen LogP contribution in [0.3, 0.4) is 0 Å². The zero-order valence-corrected chi connectivity index (χ0v) is 21.4. The molecule has 2 N–H and O–H groups in total. The number of ether oxygens (including phenoxy) is 1. The van der Waals surface area contributed by atoms with Gasteiger partial charge in [0.05, 0.1) is 6.54 Å². The zero-order valence-electron chi connectivity index (χ0n) is 21.4. The van der Waals surface area contributed by atoms with Crippen molar-refractivity contribution in [3.63, 3.8) is 0 Å². The van der Waals surface area contributed by atoms with E-state index in [2.05, 4.69) is 24.5 Å². The maximum atomic E-state index is 13.6. The van der Waals surface area contributed by atoms with E-state index < -0.39 is 11.3 Å². The van der Waals surface area contributed by atoms with Gasteiger partial charge in [0.15, 0.2) is 11.4 Å². The maximum Gasteiger partial charge on any atom is 0.275 e. The Morgan fingerprint density at radius 1 is 1.11 bits per heavy atom. The molecule has 0 radical (unpaired) electrons. The van der Waals surface area contributed by atoms with Gasteiger partial charge in [-0.1, -0.05) is 56.3 Å². The van der Waals surface area contributed by atoms with E-state index in [0.717, 1.165) is 12.0 Å². The molecule has 2 aromatic carbocycles. The number of hydrogen-bond donors (Lipinski definition) is 2. The van der Waals surface area contributed by atoms with E-state index in [0.29, 0.717) is 24.6 Å². The quantitative estimate of drug-likeness (QED) is 0.501. The first-order valence-corrected chi connectivity index (χ1v) is 12.9. The van der Waals surface area contributed by atoms with Gasteiger partial charge in [0, 0.05) is 25.3 Å². The maximum absolute atomic E-state index is 13.6. The molecule has 2 aliphatic rings. The van der Waals surface area contributed by atoms with Crippen molar-refractivity contribution in [1.82, 2.24) is 20.1 Å². The SMILES string of the molecule is CC(C)C1CCN2C(=O)c3c(OCc4ccccc4)c(=O)c(C(=O)NCc4ccc(F)cc4)cn3CC2N1. The van der Waals surface area contributed by atoms with Gasteiger partial charge in [-0.3, -0.25) is 19.7 Å². The van der Waals surface area contributed by atoms with Crippen LogP contribution in [-0.2, 0) is 19.7 Å². The fourth-order valence-corrected chi connectivity index (χ4v) is 5.01. The molecule has 8 nitrogen and oxygen atoms in total. The van der Waals surface area contributed by atoms with Crippen LogP contribution in [0.25, 0.3) is 0 Å². The van der Waals surface area contributed by atoms with E-state index in [9.17, 15) is 18.8 Å². The third-order valence-corrected chi connectivity index (χ3v) is 7.18. The number of fused-ring (bicyclic) bond motifs is 2. The Morgan fingerprint density at radius 3 is 2.55 bits per heavy atom. The van der Waals surface area contributed by atoms with Crippen LogP contribution >= 0.6 is 0 Å². The lowest BCUT2D eigenvalue weighted by atomic mass is 9.96. The summed E-state index contributed by atoms with van der Waals surface area (Å²) in [4.78, 5) is 42.1. The molecule has 0 aliphatic carbocycles. The molecule has 38 heavy (non-hydrogen) atoms. The summed E-state index contributed by atoms with van der Waals surface area (Å²) in [6.45, 7) is 5.43. The van der Waals surface area contributed by atoms with Crippen molar-refractivity contribution >= 4 is 11.8 Å². The Bertz CT molecular complexity index is 1390. The smallest absolute Gasteiger partial charge is 0.275 e. The average molecular weight is 519 g/mol. The van der Waals surface area contributed by atoms with Crippen LogP contribution in [0, 0.1) is 11.7 Å². The van der Waals surface area contributed by atoms with Crippen LogP contribution in [0.1, 0.15) is 52.2 Å². The zero-order chi connectivity index (χ0) is 26.8. The molecule has 0 bridgehead atoms. The van der Waals surface area contributed by atoms with Crippen molar-refractivity contribution < 1.29 is 18.7 Å². The molecule has 2 atom stereocenters. The molecule has 5 rings (SSSR count). The van der Waals surface area contributed by atoms with Gasteiger partial charge in [-0.25, -0.2) is 4.39 Å². The summed E-state index contributed by atoms with van der Waals surface area (Å²) < 4.78 is 20.9. The first-order valence-electron chi connectivity index (χ1n) is 12.9. The largest absolute Gasteiger partial charge is 0.483 e. The van der Waals surface area contributed by atoms with Crippen LogP contribution in [0.4, 0.5) is 4.39 Å². The highest BCUT2D eigenvalue weighted by molar-refractivity contribution is 5.99. The molecule has 1 fully saturated rings. The summed E-state index contributed by atoms with van der Waals surface area (Å²) in [6, 6.07) is 15.3. The predicted octanol–water partition coefficient (Wildman–Crippen LogP) is 3.30. The molecule has 0 spiro atoms. The highest BCUT2D eigenvalue weighted by Crippen LogP contribution is 2.28. The number of rotatable bonds is 7. The summed E-state index contributed by atoms with van der Waals surface area (Å²) in [7, 11) is 0. The number of hydrogen-bond acceptors (Lipinski definition) is 5. The second-order valence-corrected chi connectivity index (χ2v) is 10.1. The standard InChI is InChI=1S/C29H31FN4O4/c1-18(2)23-12-13-34-24(32-23)16-33-15-22(28(36)31-14-19-8-10-21(30)11-9-19)26(35)27(25(33)29(34)37)38-17-20-6-4-3-5-7-20/h3-11,15,18,23-24,32H,12-14,16-17H2,1-2H3,(H,31,36). The van der Waals surface area contributed by atoms with Crippen molar-refractivity contribution in [3.8, 4) is 5.75 Å². The molecular weight excluding hydrogens is 487 g/mol. The lowest BCUT2D eigenvalue weighted by molar-refractivity contribution is 0.0352. The number of nitrogens with zero attached hydrogens (tertiary/aromatic N) is 2. The average Bonchev–Trinajstić information content (AvgIpc) is 2.92. The number of nitrogens with one attached hydrogen (secondary N) is 2. The fourth-order valence-electron chi connectivity index (χ4n) is 5.01. The van der Waals surface area contributed by atoms with Gasteiger partial charge in [0.1, 0.15) is 24.2 Å². The van der Waals surface area contributed by atoms with Gasteiger partial charge in [-0.05, 0) is 35.6 Å². The Balaban J connectivity index is 1.48. The molecule has 2 aliphatic heterocycles. The summed E-state index contributed by atoms with van der Waals surface area (Å²) in [5.74, 6) is -0.985. The number of benzene rings is 2. The van der Waals surface area contributed by atoms with Crippen molar-refractivity contribution in [1.29, 1.82) is 0 Å². The summed E-state index contributed by atoms with van der Waals surface area (Å²) in [6.07, 6.45) is 2.01. The Kier molecular flexibility index (Phi) is 7.28. The van der Waals surface area contributed by atoms with Gasteiger partial charge in [-0.15, -0.1) is 0 Å². The first-order chi connectivity index (χ1) is 18.3. The molecular formula is C29H31FN4O4. The Labute approximate surface area is 220 Å². The lowest BCUT2D eigenvalue weighted by Crippen LogP contribution is -2.63. The summed E-state index contributed by atoms with van der Waals surface area (Å²) >= 11 is 0. The molecule has 3 aromatic rings. The molecule has 0 saturated carbocycles. The second kappa shape index (κ2) is 10.8. The van der Waals surface area contributed by atoms with Gasteiger partial charge in [-0.2, -0.15) is 0 Å².